The molecule has 1 aliphatic carbocycles. The highest BCUT2D eigenvalue weighted by molar-refractivity contribution is 7.59. The zero-order valence-electron chi connectivity index (χ0n) is 12.2. The lowest BCUT2D eigenvalue weighted by Crippen LogP contribution is -2.14. The van der Waals surface area contributed by atoms with Gasteiger partial charge in [0.2, 0.25) is 0 Å². The summed E-state index contributed by atoms with van der Waals surface area (Å²) in [6.45, 7) is 0. The van der Waals surface area contributed by atoms with Crippen LogP contribution in [-0.2, 0) is 6.42 Å². The summed E-state index contributed by atoms with van der Waals surface area (Å²) in [7, 11) is 0. The smallest absolute Gasteiger partial charge is 0.193 e. The standard InChI is InChI=1S/C14H10O.C6H6.H2S/c15-14-12-7-3-1-5-10(12)9-11-6-2-4-8-13(11)14;1-2-4-6-5-3-1;/h1-8H,9H2;1-6H;1H2. The third-order valence-electron chi connectivity index (χ3n) is 3.57. The van der Waals surface area contributed by atoms with Crippen LogP contribution in [0.1, 0.15) is 27.0 Å². The summed E-state index contributed by atoms with van der Waals surface area (Å²) >= 11 is 0. The third-order valence-corrected chi connectivity index (χ3v) is 3.57. The Labute approximate surface area is 138 Å². The Kier molecular flexibility index (Phi) is 5.56. The summed E-state index contributed by atoms with van der Waals surface area (Å²) in [5, 5.41) is 0. The Morgan fingerprint density at radius 3 is 1.32 bits per heavy atom. The Hall–Kier alpha value is -2.32. The predicted molar refractivity (Wildman–Crippen MR) is 95.9 cm³/mol. The first kappa shape index (κ1) is 16.1. The number of fused-ring (bicyclic) bond motifs is 2. The normalized spacial score (nSPS) is 11.2. The van der Waals surface area contributed by atoms with Crippen LogP contribution in [-0.4, -0.2) is 5.78 Å². The van der Waals surface area contributed by atoms with Crippen LogP contribution in [0.5, 0.6) is 0 Å². The van der Waals surface area contributed by atoms with Crippen molar-refractivity contribution >= 4 is 19.3 Å². The van der Waals surface area contributed by atoms with Crippen molar-refractivity contribution in [2.75, 3.05) is 0 Å². The molecule has 0 aliphatic heterocycles. The van der Waals surface area contributed by atoms with Crippen molar-refractivity contribution in [1.82, 2.24) is 0 Å². The Balaban J connectivity index is 0.000000215. The molecular weight excluding hydrogens is 288 g/mol. The van der Waals surface area contributed by atoms with E-state index in [2.05, 4.69) is 0 Å². The van der Waals surface area contributed by atoms with E-state index in [1.165, 1.54) is 0 Å². The molecule has 1 nitrogen and oxygen atoms in total. The van der Waals surface area contributed by atoms with E-state index in [-0.39, 0.29) is 19.3 Å². The minimum atomic E-state index is 0. The van der Waals surface area contributed by atoms with Crippen LogP contribution in [0, 0.1) is 0 Å². The second-order valence-corrected chi connectivity index (χ2v) is 4.97. The van der Waals surface area contributed by atoms with Crippen molar-refractivity contribution in [3.05, 3.63) is 107 Å². The lowest BCUT2D eigenvalue weighted by atomic mass is 9.85. The third kappa shape index (κ3) is 3.46. The summed E-state index contributed by atoms with van der Waals surface area (Å²) < 4.78 is 0. The van der Waals surface area contributed by atoms with Gasteiger partial charge in [-0.05, 0) is 17.5 Å². The van der Waals surface area contributed by atoms with E-state index in [1.807, 2.05) is 84.9 Å². The van der Waals surface area contributed by atoms with Gasteiger partial charge in [0.25, 0.3) is 0 Å². The summed E-state index contributed by atoms with van der Waals surface area (Å²) in [5.74, 6) is 0.160. The first-order valence-electron chi connectivity index (χ1n) is 7.07. The van der Waals surface area contributed by atoms with Gasteiger partial charge in [-0.3, -0.25) is 4.79 Å². The Morgan fingerprint density at radius 2 is 0.909 bits per heavy atom. The zero-order chi connectivity index (χ0) is 14.5. The SMILES string of the molecule is O=C1c2ccccc2Cc2ccccc21.S.c1ccccc1. The van der Waals surface area contributed by atoms with Crippen molar-refractivity contribution in [3.63, 3.8) is 0 Å². The van der Waals surface area contributed by atoms with Crippen LogP contribution >= 0.6 is 13.5 Å². The molecule has 0 heterocycles. The maximum absolute atomic E-state index is 12.1. The van der Waals surface area contributed by atoms with Crippen molar-refractivity contribution < 1.29 is 4.79 Å². The quantitative estimate of drug-likeness (QED) is 0.463. The average molecular weight is 306 g/mol. The molecule has 0 radical (unpaired) electrons. The van der Waals surface area contributed by atoms with Gasteiger partial charge in [0.15, 0.2) is 5.78 Å². The van der Waals surface area contributed by atoms with Gasteiger partial charge in [0.1, 0.15) is 0 Å². The summed E-state index contributed by atoms with van der Waals surface area (Å²) in [6, 6.07) is 27.7. The minimum Gasteiger partial charge on any atom is -0.289 e. The van der Waals surface area contributed by atoms with E-state index in [0.29, 0.717) is 0 Å². The second-order valence-electron chi connectivity index (χ2n) is 4.97. The van der Waals surface area contributed by atoms with Crippen LogP contribution < -0.4 is 0 Å². The Bertz CT molecular complexity index is 676. The van der Waals surface area contributed by atoms with Crippen molar-refractivity contribution in [3.8, 4) is 0 Å². The van der Waals surface area contributed by atoms with E-state index in [4.69, 9.17) is 0 Å². The van der Waals surface area contributed by atoms with Crippen LogP contribution in [0.4, 0.5) is 0 Å². The molecule has 110 valence electrons. The van der Waals surface area contributed by atoms with Crippen LogP contribution in [0.3, 0.4) is 0 Å². The van der Waals surface area contributed by atoms with E-state index in [1.54, 1.807) is 0 Å². The molecule has 0 saturated heterocycles. The minimum absolute atomic E-state index is 0. The van der Waals surface area contributed by atoms with E-state index in [0.717, 1.165) is 28.7 Å². The molecule has 0 unspecified atom stereocenters. The molecule has 0 saturated carbocycles. The van der Waals surface area contributed by atoms with Gasteiger partial charge < -0.3 is 0 Å². The van der Waals surface area contributed by atoms with Crippen LogP contribution in [0.25, 0.3) is 0 Å². The number of hydrogen-bond acceptors (Lipinski definition) is 1. The van der Waals surface area contributed by atoms with Crippen LogP contribution in [0.2, 0.25) is 0 Å². The maximum Gasteiger partial charge on any atom is 0.193 e. The van der Waals surface area contributed by atoms with E-state index >= 15 is 0 Å². The number of ketones is 1. The lowest BCUT2D eigenvalue weighted by Gasteiger charge is -2.17. The molecule has 3 aromatic carbocycles. The molecule has 22 heavy (non-hydrogen) atoms. The summed E-state index contributed by atoms with van der Waals surface area (Å²) in [4.78, 5) is 12.1. The molecule has 2 heteroatoms. The highest BCUT2D eigenvalue weighted by Crippen LogP contribution is 2.26. The second kappa shape index (κ2) is 7.62. The van der Waals surface area contributed by atoms with Gasteiger partial charge in [0.05, 0.1) is 0 Å². The Morgan fingerprint density at radius 1 is 0.545 bits per heavy atom. The van der Waals surface area contributed by atoms with Gasteiger partial charge in [-0.1, -0.05) is 84.9 Å². The monoisotopic (exact) mass is 306 g/mol. The molecule has 0 N–H and O–H groups in total. The first-order valence-corrected chi connectivity index (χ1v) is 7.07. The van der Waals surface area contributed by atoms with Crippen molar-refractivity contribution in [2.24, 2.45) is 0 Å². The highest BCUT2D eigenvalue weighted by Gasteiger charge is 2.21. The van der Waals surface area contributed by atoms with Crippen LogP contribution in [0.15, 0.2) is 84.9 Å². The molecule has 0 fully saturated rings. The molecule has 4 rings (SSSR count). The van der Waals surface area contributed by atoms with Crippen molar-refractivity contribution in [2.45, 2.75) is 6.42 Å². The van der Waals surface area contributed by atoms with E-state index < -0.39 is 0 Å². The number of benzene rings is 3. The number of carbonyl (C=O) groups excluding carboxylic acids is 1. The van der Waals surface area contributed by atoms with Gasteiger partial charge in [0, 0.05) is 11.1 Å². The predicted octanol–water partition coefficient (Wildman–Crippen LogP) is 4.62. The fourth-order valence-electron chi connectivity index (χ4n) is 2.53. The molecule has 0 aromatic heterocycles. The van der Waals surface area contributed by atoms with Gasteiger partial charge >= 0.3 is 0 Å². The van der Waals surface area contributed by atoms with Crippen molar-refractivity contribution in [1.29, 1.82) is 0 Å². The van der Waals surface area contributed by atoms with Gasteiger partial charge in [-0.25, -0.2) is 0 Å². The summed E-state index contributed by atoms with van der Waals surface area (Å²) in [6.07, 6.45) is 0.873. The number of rotatable bonds is 0. The first-order chi connectivity index (χ1) is 10.4. The maximum atomic E-state index is 12.1. The molecule has 1 aliphatic rings. The lowest BCUT2D eigenvalue weighted by molar-refractivity contribution is 0.103. The molecule has 0 amide bonds. The number of hydrogen-bond donors (Lipinski definition) is 0. The molecule has 3 aromatic rings. The zero-order valence-corrected chi connectivity index (χ0v) is 13.2. The number of carbonyl (C=O) groups is 1. The fraction of sp³-hybridized carbons (Fsp3) is 0.0500. The largest absolute Gasteiger partial charge is 0.289 e. The molecular formula is C20H18OS. The van der Waals surface area contributed by atoms with E-state index in [9.17, 15) is 4.79 Å². The molecule has 0 atom stereocenters. The molecule has 0 spiro atoms. The topological polar surface area (TPSA) is 17.1 Å². The fourth-order valence-corrected chi connectivity index (χ4v) is 2.53. The highest BCUT2D eigenvalue weighted by atomic mass is 32.1. The summed E-state index contributed by atoms with van der Waals surface area (Å²) in [5.41, 5.74) is 4.00. The van der Waals surface area contributed by atoms with Gasteiger partial charge in [-0.2, -0.15) is 13.5 Å². The van der Waals surface area contributed by atoms with Gasteiger partial charge in [-0.15, -0.1) is 0 Å². The molecule has 0 bridgehead atoms. The average Bonchev–Trinajstić information content (AvgIpc) is 2.57.